The van der Waals surface area contributed by atoms with Crippen LogP contribution in [-0.2, 0) is 34.5 Å². The summed E-state index contributed by atoms with van der Waals surface area (Å²) >= 11 is 0. The smallest absolute Gasteiger partial charge is 0.201 e. The summed E-state index contributed by atoms with van der Waals surface area (Å²) in [4.78, 5) is 45.2. The lowest BCUT2D eigenvalue weighted by atomic mass is 9.63. The summed E-state index contributed by atoms with van der Waals surface area (Å²) in [6.07, 6.45) is 1.50. The molecule has 332 valence electrons. The van der Waals surface area contributed by atoms with E-state index < -0.39 is 16.8 Å². The lowest BCUT2D eigenvalue weighted by molar-refractivity contribution is 0.492. The number of hydrogen-bond acceptors (Lipinski definition) is 4. The average molecular weight is 889 g/mol. The van der Waals surface area contributed by atoms with Crippen molar-refractivity contribution in [2.75, 3.05) is 0 Å². The molecule has 64 heavy (non-hydrogen) atoms. The summed E-state index contributed by atoms with van der Waals surface area (Å²) < 4.78 is 0. The van der Waals surface area contributed by atoms with Gasteiger partial charge in [-0.15, -0.1) is 0 Å². The maximum Gasteiger partial charge on any atom is 0.201 e. The molecule has 4 N–H and O–H groups in total. The third kappa shape index (κ3) is 6.60. The fourth-order valence-electron chi connectivity index (χ4n) is 12.6. The molecule has 0 spiro atoms. The van der Waals surface area contributed by atoms with E-state index in [-0.39, 0.29) is 32.3 Å². The first-order valence-electron chi connectivity index (χ1n) is 23.0. The van der Waals surface area contributed by atoms with Gasteiger partial charge < -0.3 is 19.6 Å². The highest BCUT2D eigenvalue weighted by Gasteiger charge is 2.46. The van der Waals surface area contributed by atoms with Crippen molar-refractivity contribution in [2.24, 2.45) is 0 Å². The zero-order valence-electron chi connectivity index (χ0n) is 40.9. The van der Waals surface area contributed by atoms with Crippen molar-refractivity contribution < 1.29 is 19.6 Å². The van der Waals surface area contributed by atoms with Crippen molar-refractivity contribution in [3.63, 3.8) is 0 Å². The standard InChI is InChI=1S/C58H66O4P2/c1-29-17-21-33-27-34-22-18-30(2)51(56(8,9)10)40(34)46-45(39(33)50(29)55(5,6)7)43-37-25-26-38(63(59)60)54(64(61)62)44(37)49(43)48-42-36(24-20-32(4)53(42)58(14,15)16)28-35-23-19-31(3)52(57(11,12)13)41(35)47(46)48/h17-26,59-62H,27-28H2,1-16H3. The molecular weight excluding hydrogens is 823 g/mol. The maximum atomic E-state index is 11.6. The van der Waals surface area contributed by atoms with E-state index in [0.29, 0.717) is 0 Å². The van der Waals surface area contributed by atoms with Gasteiger partial charge >= 0.3 is 0 Å². The summed E-state index contributed by atoms with van der Waals surface area (Å²) in [5, 5.41) is 0.442. The number of aryl methyl sites for hydroxylation is 4. The molecule has 4 nitrogen and oxygen atoms in total. The van der Waals surface area contributed by atoms with E-state index in [9.17, 15) is 19.6 Å². The van der Waals surface area contributed by atoms with Gasteiger partial charge in [0.1, 0.15) is 0 Å². The maximum absolute atomic E-state index is 11.6. The second-order valence-electron chi connectivity index (χ2n) is 23.2. The Hall–Kier alpha value is -3.98. The van der Waals surface area contributed by atoms with Gasteiger partial charge in [0, 0.05) is 16.4 Å². The van der Waals surface area contributed by atoms with Crippen LogP contribution in [0.4, 0.5) is 0 Å². The summed E-state index contributed by atoms with van der Waals surface area (Å²) in [5.74, 6) is 0. The molecule has 6 aromatic rings. The fraction of sp³-hybridized carbons (Fsp3) is 0.379. The van der Waals surface area contributed by atoms with E-state index in [4.69, 9.17) is 0 Å². The van der Waals surface area contributed by atoms with Gasteiger partial charge in [-0.05, 0) is 191 Å². The number of hydrogen-bond donors (Lipinski definition) is 4. The first-order valence-corrected chi connectivity index (χ1v) is 25.5. The minimum Gasteiger partial charge on any atom is -0.347 e. The third-order valence-electron chi connectivity index (χ3n) is 14.4. The van der Waals surface area contributed by atoms with Crippen LogP contribution in [0.1, 0.15) is 150 Å². The molecule has 0 radical (unpaired) electrons. The van der Waals surface area contributed by atoms with Crippen molar-refractivity contribution >= 4 is 27.4 Å². The predicted octanol–water partition coefficient (Wildman–Crippen LogP) is 14.1. The van der Waals surface area contributed by atoms with Gasteiger partial charge in [-0.25, -0.2) is 0 Å². The van der Waals surface area contributed by atoms with E-state index in [2.05, 4.69) is 159 Å². The second kappa shape index (κ2) is 14.8. The van der Waals surface area contributed by atoms with Crippen molar-refractivity contribution in [2.45, 2.75) is 145 Å². The summed E-state index contributed by atoms with van der Waals surface area (Å²) in [7, 11) is -5.37. The molecule has 6 heteroatoms. The number of benzene rings is 6. The molecule has 0 bridgehead atoms. The molecule has 0 saturated carbocycles. The van der Waals surface area contributed by atoms with Gasteiger partial charge in [0.25, 0.3) is 0 Å². The Morgan fingerprint density at radius 3 is 0.875 bits per heavy atom. The lowest BCUT2D eigenvalue weighted by Gasteiger charge is -2.40. The van der Waals surface area contributed by atoms with Gasteiger partial charge in [0.2, 0.25) is 8.38 Å². The van der Waals surface area contributed by atoms with Crippen LogP contribution in [0.15, 0.2) is 60.7 Å². The minimum absolute atomic E-state index is 0.197. The number of fused-ring (bicyclic) bond motifs is 17. The van der Waals surface area contributed by atoms with Crippen LogP contribution in [0, 0.1) is 27.7 Å². The molecule has 6 aromatic carbocycles. The normalized spacial score (nSPS) is 14.1. The fourth-order valence-corrected chi connectivity index (χ4v) is 14.4. The quantitative estimate of drug-likeness (QED) is 0.130. The van der Waals surface area contributed by atoms with Crippen LogP contribution >= 0.6 is 16.8 Å². The van der Waals surface area contributed by atoms with Gasteiger partial charge in [-0.1, -0.05) is 138 Å². The zero-order chi connectivity index (χ0) is 46.7. The average Bonchev–Trinajstić information content (AvgIpc) is 3.37. The second-order valence-corrected chi connectivity index (χ2v) is 25.3. The molecule has 3 aliphatic carbocycles. The molecule has 0 aromatic heterocycles. The van der Waals surface area contributed by atoms with E-state index in [1.54, 1.807) is 6.07 Å². The first kappa shape index (κ1) is 45.2. The number of rotatable bonds is 2. The minimum atomic E-state index is -2.74. The van der Waals surface area contributed by atoms with Gasteiger partial charge in [-0.3, -0.25) is 0 Å². The van der Waals surface area contributed by atoms with Crippen molar-refractivity contribution in [1.82, 2.24) is 0 Å². The Morgan fingerprint density at radius 1 is 0.328 bits per heavy atom. The van der Waals surface area contributed by atoms with Crippen LogP contribution in [0.25, 0.3) is 66.8 Å². The van der Waals surface area contributed by atoms with E-state index in [1.807, 2.05) is 6.07 Å². The highest BCUT2D eigenvalue weighted by atomic mass is 31.2. The first-order chi connectivity index (χ1) is 29.7. The van der Waals surface area contributed by atoms with E-state index in [1.165, 1.54) is 106 Å². The van der Waals surface area contributed by atoms with Crippen molar-refractivity contribution in [3.8, 4) is 66.8 Å². The van der Waals surface area contributed by atoms with Crippen LogP contribution in [0.5, 0.6) is 0 Å². The molecule has 0 saturated heterocycles. The molecule has 0 unspecified atom stereocenters. The van der Waals surface area contributed by atoms with Crippen LogP contribution < -0.4 is 10.6 Å². The van der Waals surface area contributed by atoms with Crippen molar-refractivity contribution in [1.29, 1.82) is 0 Å². The Bertz CT molecular complexity index is 3010. The van der Waals surface area contributed by atoms with Gasteiger partial charge in [0.15, 0.2) is 8.38 Å². The van der Waals surface area contributed by atoms with Crippen LogP contribution in [0.2, 0.25) is 0 Å². The molecule has 0 fully saturated rings. The van der Waals surface area contributed by atoms with Crippen molar-refractivity contribution in [3.05, 3.63) is 127 Å². The van der Waals surface area contributed by atoms with E-state index in [0.717, 1.165) is 40.7 Å². The molecule has 3 aliphatic rings. The Balaban J connectivity index is 1.74. The highest BCUT2D eigenvalue weighted by Crippen LogP contribution is 2.68. The zero-order valence-corrected chi connectivity index (χ0v) is 42.7. The molecule has 0 amide bonds. The van der Waals surface area contributed by atoms with Crippen LogP contribution in [0.3, 0.4) is 0 Å². The summed E-state index contributed by atoms with van der Waals surface area (Å²) in [6, 6.07) is 22.5. The van der Waals surface area contributed by atoms with E-state index >= 15 is 0 Å². The highest BCUT2D eigenvalue weighted by molar-refractivity contribution is 7.61. The summed E-state index contributed by atoms with van der Waals surface area (Å²) in [6.45, 7) is 37.2. The SMILES string of the molecule is Cc1ccc2c(c1C(C)(C)C)-c1c3c(c4c(c1-c1c(ccc(C)c1C(C)(C)C)C2)-c1c(ccc(C)c1C(C)(C)C)Cc1ccc(C)c(C(C)(C)C)c1-4)-c1c-3ccc(P(O)O)c1P(O)O. The molecule has 9 rings (SSSR count). The van der Waals surface area contributed by atoms with Crippen LogP contribution in [-0.4, -0.2) is 19.6 Å². The topological polar surface area (TPSA) is 80.9 Å². The van der Waals surface area contributed by atoms with Gasteiger partial charge in [-0.2, -0.15) is 0 Å². The third-order valence-corrected chi connectivity index (χ3v) is 16.2. The Labute approximate surface area is 384 Å². The Kier molecular flexibility index (Phi) is 10.4. The molecule has 0 atom stereocenters. The largest absolute Gasteiger partial charge is 0.347 e. The van der Waals surface area contributed by atoms with Gasteiger partial charge in [0.05, 0.1) is 5.30 Å². The lowest BCUT2D eigenvalue weighted by Crippen LogP contribution is -2.28. The molecular formula is C58H66O4P2. The monoisotopic (exact) mass is 888 g/mol. The predicted molar refractivity (Wildman–Crippen MR) is 274 cm³/mol. The summed E-state index contributed by atoms with van der Waals surface area (Å²) in [5.41, 5.74) is 28.0. The molecule has 0 aliphatic heterocycles. The Morgan fingerprint density at radius 2 is 0.609 bits per heavy atom. The molecule has 0 heterocycles.